The molecule has 0 fully saturated rings. The van der Waals surface area contributed by atoms with E-state index in [9.17, 15) is 9.59 Å². The van der Waals surface area contributed by atoms with Crippen LogP contribution in [-0.4, -0.2) is 20.5 Å². The van der Waals surface area contributed by atoms with E-state index < -0.39 is 5.91 Å². The van der Waals surface area contributed by atoms with Gasteiger partial charge in [-0.1, -0.05) is 13.8 Å². The largest absolute Gasteiger partial charge is 0.366 e. The standard InChI is InChI=1S/C10H12N4O2/c1-5(2)7-6(9(11)15)3-14-8(7)10(16)12-4-13-14/h3-5H,1-2H3,(H2,11,15)(H,12,13,16). The number of aromatic amines is 1. The van der Waals surface area contributed by atoms with Gasteiger partial charge < -0.3 is 10.7 Å². The lowest BCUT2D eigenvalue weighted by Crippen LogP contribution is -2.14. The first kappa shape index (κ1) is 10.4. The van der Waals surface area contributed by atoms with Gasteiger partial charge in [0.25, 0.3) is 11.5 Å². The second-order valence-corrected chi connectivity index (χ2v) is 3.89. The average Bonchev–Trinajstić information content (AvgIpc) is 2.58. The number of H-pyrrole nitrogens is 1. The van der Waals surface area contributed by atoms with Gasteiger partial charge in [0.1, 0.15) is 11.8 Å². The van der Waals surface area contributed by atoms with Gasteiger partial charge in [0, 0.05) is 11.8 Å². The maximum Gasteiger partial charge on any atom is 0.275 e. The summed E-state index contributed by atoms with van der Waals surface area (Å²) in [5.41, 5.74) is 6.37. The molecule has 2 rings (SSSR count). The number of fused-ring (bicyclic) bond motifs is 1. The molecule has 0 aliphatic carbocycles. The Morgan fingerprint density at radius 2 is 2.25 bits per heavy atom. The molecular weight excluding hydrogens is 208 g/mol. The van der Waals surface area contributed by atoms with Crippen molar-refractivity contribution in [1.29, 1.82) is 0 Å². The molecule has 16 heavy (non-hydrogen) atoms. The van der Waals surface area contributed by atoms with Crippen molar-refractivity contribution in [2.45, 2.75) is 19.8 Å². The summed E-state index contributed by atoms with van der Waals surface area (Å²) in [6.07, 6.45) is 2.77. The highest BCUT2D eigenvalue weighted by Gasteiger charge is 2.19. The van der Waals surface area contributed by atoms with E-state index in [4.69, 9.17) is 5.73 Å². The molecule has 0 saturated heterocycles. The molecule has 2 aromatic rings. The number of primary amides is 1. The topological polar surface area (TPSA) is 93.2 Å². The minimum Gasteiger partial charge on any atom is -0.366 e. The number of hydrogen-bond acceptors (Lipinski definition) is 3. The highest BCUT2D eigenvalue weighted by Crippen LogP contribution is 2.23. The van der Waals surface area contributed by atoms with Crippen LogP contribution in [0.25, 0.3) is 5.52 Å². The molecule has 0 aliphatic heterocycles. The van der Waals surface area contributed by atoms with Gasteiger partial charge in [-0.2, -0.15) is 5.10 Å². The Kier molecular flexibility index (Phi) is 2.26. The first-order chi connectivity index (χ1) is 7.52. The second kappa shape index (κ2) is 3.48. The van der Waals surface area contributed by atoms with E-state index in [1.54, 1.807) is 0 Å². The molecule has 1 amide bonds. The molecule has 2 heterocycles. The van der Waals surface area contributed by atoms with Crippen LogP contribution < -0.4 is 11.3 Å². The second-order valence-electron chi connectivity index (χ2n) is 3.89. The van der Waals surface area contributed by atoms with E-state index in [2.05, 4.69) is 10.1 Å². The van der Waals surface area contributed by atoms with Crippen LogP contribution in [0.2, 0.25) is 0 Å². The van der Waals surface area contributed by atoms with Gasteiger partial charge in [0.2, 0.25) is 0 Å². The van der Waals surface area contributed by atoms with Crippen LogP contribution >= 0.6 is 0 Å². The van der Waals surface area contributed by atoms with Crippen LogP contribution in [0.1, 0.15) is 35.7 Å². The number of nitrogens with zero attached hydrogens (tertiary/aromatic N) is 2. The zero-order chi connectivity index (χ0) is 11.9. The van der Waals surface area contributed by atoms with Crippen LogP contribution in [-0.2, 0) is 0 Å². The van der Waals surface area contributed by atoms with Crippen molar-refractivity contribution < 1.29 is 4.79 Å². The molecule has 0 aliphatic rings. The lowest BCUT2D eigenvalue weighted by atomic mass is 10.00. The molecule has 0 spiro atoms. The van der Waals surface area contributed by atoms with Crippen molar-refractivity contribution >= 4 is 11.4 Å². The zero-order valence-electron chi connectivity index (χ0n) is 9.02. The fraction of sp³-hybridized carbons (Fsp3) is 0.300. The number of carbonyl (C=O) groups excluding carboxylic acids is 1. The highest BCUT2D eigenvalue weighted by atomic mass is 16.1. The third-order valence-electron chi connectivity index (χ3n) is 2.46. The normalized spacial score (nSPS) is 11.2. The van der Waals surface area contributed by atoms with Crippen molar-refractivity contribution in [1.82, 2.24) is 14.6 Å². The number of hydrogen-bond donors (Lipinski definition) is 2. The van der Waals surface area contributed by atoms with E-state index in [-0.39, 0.29) is 11.5 Å². The maximum absolute atomic E-state index is 11.7. The lowest BCUT2D eigenvalue weighted by Gasteiger charge is -2.04. The summed E-state index contributed by atoms with van der Waals surface area (Å²) < 4.78 is 1.38. The summed E-state index contributed by atoms with van der Waals surface area (Å²) in [5, 5.41) is 3.94. The van der Waals surface area contributed by atoms with Crippen LogP contribution in [0, 0.1) is 0 Å². The van der Waals surface area contributed by atoms with Crippen molar-refractivity contribution in [2.24, 2.45) is 5.73 Å². The highest BCUT2D eigenvalue weighted by molar-refractivity contribution is 5.96. The summed E-state index contributed by atoms with van der Waals surface area (Å²) in [6, 6.07) is 0. The quantitative estimate of drug-likeness (QED) is 0.759. The monoisotopic (exact) mass is 220 g/mol. The summed E-state index contributed by atoms with van der Waals surface area (Å²) in [6.45, 7) is 3.79. The van der Waals surface area contributed by atoms with Gasteiger partial charge in [0.05, 0.1) is 5.56 Å². The molecule has 0 atom stereocenters. The lowest BCUT2D eigenvalue weighted by molar-refractivity contribution is 0.0999. The smallest absolute Gasteiger partial charge is 0.275 e. The van der Waals surface area contributed by atoms with Crippen LogP contribution in [0.5, 0.6) is 0 Å². The first-order valence-corrected chi connectivity index (χ1v) is 4.91. The van der Waals surface area contributed by atoms with Crippen molar-refractivity contribution in [3.05, 3.63) is 34.0 Å². The fourth-order valence-corrected chi connectivity index (χ4v) is 1.82. The van der Waals surface area contributed by atoms with E-state index >= 15 is 0 Å². The number of nitrogens with one attached hydrogen (secondary N) is 1. The van der Waals surface area contributed by atoms with E-state index in [1.165, 1.54) is 17.0 Å². The van der Waals surface area contributed by atoms with Crippen LogP contribution in [0.4, 0.5) is 0 Å². The fourth-order valence-electron chi connectivity index (χ4n) is 1.82. The Labute approximate surface area is 91.1 Å². The Balaban J connectivity index is 2.94. The molecular formula is C10H12N4O2. The Hall–Kier alpha value is -2.11. The summed E-state index contributed by atoms with van der Waals surface area (Å²) in [5.74, 6) is -0.522. The minimum absolute atomic E-state index is 0.0257. The predicted molar refractivity (Wildman–Crippen MR) is 58.4 cm³/mol. The van der Waals surface area contributed by atoms with Gasteiger partial charge in [-0.3, -0.25) is 9.59 Å². The molecule has 84 valence electrons. The first-order valence-electron chi connectivity index (χ1n) is 4.91. The SMILES string of the molecule is CC(C)c1c(C(N)=O)cn2nc[nH]c(=O)c12. The minimum atomic E-state index is -0.548. The van der Waals surface area contributed by atoms with Gasteiger partial charge in [0.15, 0.2) is 0 Å². The molecule has 2 aromatic heterocycles. The number of rotatable bonds is 2. The molecule has 0 saturated carbocycles. The predicted octanol–water partition coefficient (Wildman–Crippen LogP) is 0.245. The van der Waals surface area contributed by atoms with Crippen molar-refractivity contribution in [3.8, 4) is 0 Å². The molecule has 6 heteroatoms. The summed E-state index contributed by atoms with van der Waals surface area (Å²) >= 11 is 0. The van der Waals surface area contributed by atoms with E-state index in [0.29, 0.717) is 16.6 Å². The van der Waals surface area contributed by atoms with E-state index in [1.807, 2.05) is 13.8 Å². The van der Waals surface area contributed by atoms with E-state index in [0.717, 1.165) is 0 Å². The third kappa shape index (κ3) is 1.39. The number of carbonyl (C=O) groups is 1. The van der Waals surface area contributed by atoms with Gasteiger partial charge >= 0.3 is 0 Å². The average molecular weight is 220 g/mol. The Morgan fingerprint density at radius 1 is 1.56 bits per heavy atom. The van der Waals surface area contributed by atoms with Crippen molar-refractivity contribution in [2.75, 3.05) is 0 Å². The molecule has 0 unspecified atom stereocenters. The number of aromatic nitrogens is 3. The molecule has 0 bridgehead atoms. The van der Waals surface area contributed by atoms with Crippen LogP contribution in [0.15, 0.2) is 17.3 Å². The summed E-state index contributed by atoms with van der Waals surface area (Å²) in [7, 11) is 0. The van der Waals surface area contributed by atoms with Gasteiger partial charge in [-0.15, -0.1) is 0 Å². The molecule has 0 radical (unpaired) electrons. The van der Waals surface area contributed by atoms with Crippen molar-refractivity contribution in [3.63, 3.8) is 0 Å². The number of nitrogens with two attached hydrogens (primary N) is 1. The third-order valence-corrected chi connectivity index (χ3v) is 2.46. The summed E-state index contributed by atoms with van der Waals surface area (Å²) in [4.78, 5) is 25.4. The number of amides is 1. The van der Waals surface area contributed by atoms with Gasteiger partial charge in [-0.25, -0.2) is 4.52 Å². The zero-order valence-corrected chi connectivity index (χ0v) is 9.02. The maximum atomic E-state index is 11.7. The molecule has 3 N–H and O–H groups in total. The Bertz CT molecular complexity index is 609. The van der Waals surface area contributed by atoms with Crippen LogP contribution in [0.3, 0.4) is 0 Å². The molecule has 6 nitrogen and oxygen atoms in total. The molecule has 0 aromatic carbocycles. The van der Waals surface area contributed by atoms with Gasteiger partial charge in [-0.05, 0) is 5.92 Å². The Morgan fingerprint density at radius 3 is 2.81 bits per heavy atom.